The summed E-state index contributed by atoms with van der Waals surface area (Å²) < 4.78 is 1.79. The van der Waals surface area contributed by atoms with Gasteiger partial charge >= 0.3 is 0 Å². The maximum absolute atomic E-state index is 13.3. The first-order valence-electron chi connectivity index (χ1n) is 10.8. The van der Waals surface area contributed by atoms with Gasteiger partial charge in [0.25, 0.3) is 5.91 Å². The lowest BCUT2D eigenvalue weighted by atomic mass is 9.89. The largest absolute Gasteiger partial charge is 0.348 e. The molecule has 1 amide bonds. The Morgan fingerprint density at radius 2 is 1.87 bits per heavy atom. The second kappa shape index (κ2) is 8.30. The molecule has 6 nitrogen and oxygen atoms in total. The quantitative estimate of drug-likeness (QED) is 0.539. The molecule has 1 aliphatic carbocycles. The fourth-order valence-electron chi connectivity index (χ4n) is 4.33. The molecule has 0 spiro atoms. The lowest BCUT2D eigenvalue weighted by Crippen LogP contribution is -2.26. The SMILES string of the molecule is Cc1ccc2nc3c(c(C(=O)NCc4ccc(Cn5cncn5)cc4)c2c1)CCCC3. The van der Waals surface area contributed by atoms with Crippen molar-refractivity contribution in [2.45, 2.75) is 45.7 Å². The summed E-state index contributed by atoms with van der Waals surface area (Å²) in [5.74, 6) is -0.0113. The van der Waals surface area contributed by atoms with Crippen LogP contribution < -0.4 is 5.32 Å². The van der Waals surface area contributed by atoms with E-state index in [9.17, 15) is 4.79 Å². The van der Waals surface area contributed by atoms with Crippen molar-refractivity contribution in [2.24, 2.45) is 0 Å². The molecule has 1 N–H and O–H groups in total. The highest BCUT2D eigenvalue weighted by Crippen LogP contribution is 2.30. The van der Waals surface area contributed by atoms with Crippen molar-refractivity contribution in [1.82, 2.24) is 25.1 Å². The van der Waals surface area contributed by atoms with E-state index in [0.717, 1.165) is 70.1 Å². The highest BCUT2D eigenvalue weighted by molar-refractivity contribution is 6.07. The van der Waals surface area contributed by atoms with Gasteiger partial charge in [-0.25, -0.2) is 9.67 Å². The third kappa shape index (κ3) is 4.06. The first-order valence-corrected chi connectivity index (χ1v) is 10.8. The van der Waals surface area contributed by atoms with Gasteiger partial charge in [0, 0.05) is 17.6 Å². The number of nitrogens with one attached hydrogen (secondary N) is 1. The zero-order chi connectivity index (χ0) is 21.2. The molecule has 156 valence electrons. The van der Waals surface area contributed by atoms with E-state index in [1.165, 1.54) is 6.33 Å². The number of carbonyl (C=O) groups is 1. The van der Waals surface area contributed by atoms with Crippen LogP contribution in [0.25, 0.3) is 10.9 Å². The fraction of sp³-hybridized carbons (Fsp3) is 0.280. The third-order valence-electron chi connectivity index (χ3n) is 5.93. The normalized spacial score (nSPS) is 13.2. The van der Waals surface area contributed by atoms with Crippen LogP contribution in [-0.4, -0.2) is 25.7 Å². The predicted octanol–water partition coefficient (Wildman–Crippen LogP) is 3.99. The molecule has 31 heavy (non-hydrogen) atoms. The fourth-order valence-corrected chi connectivity index (χ4v) is 4.33. The maximum Gasteiger partial charge on any atom is 0.252 e. The second-order valence-corrected chi connectivity index (χ2v) is 8.23. The topological polar surface area (TPSA) is 72.7 Å². The monoisotopic (exact) mass is 411 g/mol. The van der Waals surface area contributed by atoms with Crippen molar-refractivity contribution in [3.63, 3.8) is 0 Å². The summed E-state index contributed by atoms with van der Waals surface area (Å²) in [6, 6.07) is 14.4. The summed E-state index contributed by atoms with van der Waals surface area (Å²) >= 11 is 0. The molecule has 0 bridgehead atoms. The molecule has 0 unspecified atom stereocenters. The van der Waals surface area contributed by atoms with E-state index in [2.05, 4.69) is 58.7 Å². The molecular weight excluding hydrogens is 386 g/mol. The van der Waals surface area contributed by atoms with Crippen LogP contribution in [0.2, 0.25) is 0 Å². The van der Waals surface area contributed by atoms with Gasteiger partial charge in [0.2, 0.25) is 0 Å². The summed E-state index contributed by atoms with van der Waals surface area (Å²) in [5, 5.41) is 8.24. The lowest BCUT2D eigenvalue weighted by molar-refractivity contribution is 0.0951. The number of nitrogens with zero attached hydrogens (tertiary/aromatic N) is 4. The van der Waals surface area contributed by atoms with Crippen LogP contribution in [0.3, 0.4) is 0 Å². The van der Waals surface area contributed by atoms with Crippen molar-refractivity contribution in [3.05, 3.63) is 88.6 Å². The Morgan fingerprint density at radius 3 is 2.68 bits per heavy atom. The zero-order valence-electron chi connectivity index (χ0n) is 17.6. The van der Waals surface area contributed by atoms with Gasteiger partial charge in [0.05, 0.1) is 17.6 Å². The van der Waals surface area contributed by atoms with Gasteiger partial charge in [-0.1, -0.05) is 35.9 Å². The number of carbonyl (C=O) groups excluding carboxylic acids is 1. The van der Waals surface area contributed by atoms with E-state index in [1.807, 2.05) is 6.07 Å². The molecule has 6 heteroatoms. The smallest absolute Gasteiger partial charge is 0.252 e. The molecule has 4 aromatic rings. The molecule has 2 aromatic heterocycles. The molecule has 0 fully saturated rings. The highest BCUT2D eigenvalue weighted by Gasteiger charge is 2.22. The predicted molar refractivity (Wildman–Crippen MR) is 120 cm³/mol. The molecule has 5 rings (SSSR count). The van der Waals surface area contributed by atoms with Gasteiger partial charge in [-0.05, 0) is 61.4 Å². The van der Waals surface area contributed by atoms with Crippen LogP contribution in [0.5, 0.6) is 0 Å². The van der Waals surface area contributed by atoms with E-state index >= 15 is 0 Å². The number of hydrogen-bond donors (Lipinski definition) is 1. The van der Waals surface area contributed by atoms with Crippen molar-refractivity contribution in [3.8, 4) is 0 Å². The molecule has 0 atom stereocenters. The number of fused-ring (bicyclic) bond motifs is 2. The standard InChI is InChI=1S/C25H25N5O/c1-17-6-11-23-21(12-17)24(20-4-2-3-5-22(20)29-23)25(31)27-13-18-7-9-19(10-8-18)14-30-16-26-15-28-30/h6-12,15-16H,2-5,13-14H2,1H3,(H,27,31). The van der Waals surface area contributed by atoms with Gasteiger partial charge in [0.15, 0.2) is 0 Å². The molecule has 0 aliphatic heterocycles. The van der Waals surface area contributed by atoms with Crippen molar-refractivity contribution in [1.29, 1.82) is 0 Å². The first kappa shape index (κ1) is 19.4. The third-order valence-corrected chi connectivity index (χ3v) is 5.93. The average molecular weight is 412 g/mol. The number of benzene rings is 2. The van der Waals surface area contributed by atoms with E-state index in [4.69, 9.17) is 4.98 Å². The number of hydrogen-bond acceptors (Lipinski definition) is 4. The van der Waals surface area contributed by atoms with Crippen molar-refractivity contribution >= 4 is 16.8 Å². The number of pyridine rings is 1. The Balaban J connectivity index is 1.37. The van der Waals surface area contributed by atoms with E-state index < -0.39 is 0 Å². The van der Waals surface area contributed by atoms with E-state index in [0.29, 0.717) is 13.1 Å². The van der Waals surface area contributed by atoms with Gasteiger partial charge in [0.1, 0.15) is 12.7 Å². The van der Waals surface area contributed by atoms with Crippen LogP contribution in [0.4, 0.5) is 0 Å². The van der Waals surface area contributed by atoms with Gasteiger partial charge in [-0.15, -0.1) is 0 Å². The Kier molecular flexibility index (Phi) is 5.20. The molecule has 2 aromatic carbocycles. The summed E-state index contributed by atoms with van der Waals surface area (Å²) in [4.78, 5) is 22.2. The van der Waals surface area contributed by atoms with Gasteiger partial charge in [-0.2, -0.15) is 5.10 Å². The van der Waals surface area contributed by atoms with Gasteiger partial charge in [-0.3, -0.25) is 9.78 Å². The molecule has 0 radical (unpaired) electrons. The highest BCUT2D eigenvalue weighted by atomic mass is 16.1. The minimum atomic E-state index is -0.0113. The minimum Gasteiger partial charge on any atom is -0.348 e. The number of rotatable bonds is 5. The number of aryl methyl sites for hydroxylation is 2. The molecular formula is C25H25N5O. The number of amides is 1. The summed E-state index contributed by atoms with van der Waals surface area (Å²) in [7, 11) is 0. The molecule has 1 aliphatic rings. The molecule has 2 heterocycles. The van der Waals surface area contributed by atoms with E-state index in [-0.39, 0.29) is 5.91 Å². The van der Waals surface area contributed by atoms with Crippen molar-refractivity contribution in [2.75, 3.05) is 0 Å². The number of aromatic nitrogens is 4. The molecule has 0 saturated heterocycles. The average Bonchev–Trinajstić information content (AvgIpc) is 3.30. The first-order chi connectivity index (χ1) is 15.2. The molecule has 0 saturated carbocycles. The van der Waals surface area contributed by atoms with Gasteiger partial charge < -0.3 is 5.32 Å². The Labute approximate surface area is 181 Å². The Hall–Kier alpha value is -3.54. The van der Waals surface area contributed by atoms with E-state index in [1.54, 1.807) is 11.0 Å². The summed E-state index contributed by atoms with van der Waals surface area (Å²) in [6.45, 7) is 3.23. The lowest BCUT2D eigenvalue weighted by Gasteiger charge is -2.20. The van der Waals surface area contributed by atoms with Crippen LogP contribution in [0.15, 0.2) is 55.1 Å². The van der Waals surface area contributed by atoms with Crippen LogP contribution >= 0.6 is 0 Å². The Morgan fingerprint density at radius 1 is 1.06 bits per heavy atom. The minimum absolute atomic E-state index is 0.0113. The summed E-state index contributed by atoms with van der Waals surface area (Å²) in [5.41, 5.74) is 7.29. The zero-order valence-corrected chi connectivity index (χ0v) is 17.6. The maximum atomic E-state index is 13.3. The van der Waals surface area contributed by atoms with Crippen LogP contribution in [-0.2, 0) is 25.9 Å². The van der Waals surface area contributed by atoms with Crippen LogP contribution in [0.1, 0.15) is 51.1 Å². The summed E-state index contributed by atoms with van der Waals surface area (Å²) in [6.07, 6.45) is 7.36. The van der Waals surface area contributed by atoms with Crippen LogP contribution in [0, 0.1) is 6.92 Å². The second-order valence-electron chi connectivity index (χ2n) is 8.23. The van der Waals surface area contributed by atoms with Crippen molar-refractivity contribution < 1.29 is 4.79 Å². The Bertz CT molecular complexity index is 1230.